The van der Waals surface area contributed by atoms with E-state index in [0.29, 0.717) is 27.9 Å². The Bertz CT molecular complexity index is 1000. The molecule has 0 radical (unpaired) electrons. The van der Waals surface area contributed by atoms with Gasteiger partial charge >= 0.3 is 5.97 Å². The van der Waals surface area contributed by atoms with Crippen molar-refractivity contribution in [2.75, 3.05) is 0 Å². The minimum Gasteiger partial charge on any atom is -0.477 e. The lowest BCUT2D eigenvalue weighted by Gasteiger charge is -2.44. The topological polar surface area (TPSA) is 109 Å². The van der Waals surface area contributed by atoms with Gasteiger partial charge in [0.2, 0.25) is 5.91 Å². The second-order valence-corrected chi connectivity index (χ2v) is 7.84. The normalized spacial score (nSPS) is 22.3. The van der Waals surface area contributed by atoms with Crippen molar-refractivity contribution >= 4 is 23.6 Å². The summed E-state index contributed by atoms with van der Waals surface area (Å²) in [6, 6.07) is 5.40. The maximum atomic E-state index is 13.1. The molecule has 146 valence electrons. The number of thioether (sulfide) groups is 1. The van der Waals surface area contributed by atoms with Gasteiger partial charge in [-0.05, 0) is 31.2 Å². The fraction of sp³-hybridized carbons (Fsp3) is 0.333. The van der Waals surface area contributed by atoms with Crippen LogP contribution in [0.15, 0.2) is 40.0 Å². The maximum absolute atomic E-state index is 13.1. The van der Waals surface area contributed by atoms with Gasteiger partial charge in [-0.25, -0.2) is 18.9 Å². The van der Waals surface area contributed by atoms with Gasteiger partial charge in [-0.15, -0.1) is 0 Å². The van der Waals surface area contributed by atoms with E-state index in [9.17, 15) is 24.2 Å². The van der Waals surface area contributed by atoms with E-state index in [4.69, 9.17) is 0 Å². The third-order valence-corrected chi connectivity index (χ3v) is 6.08. The first-order valence-electron chi connectivity index (χ1n) is 8.60. The zero-order chi connectivity index (χ0) is 20.2. The van der Waals surface area contributed by atoms with Crippen molar-refractivity contribution in [1.29, 1.82) is 0 Å². The van der Waals surface area contributed by atoms with Crippen molar-refractivity contribution in [2.45, 2.75) is 30.6 Å². The molecule has 1 saturated heterocycles. The number of amides is 1. The Kier molecular flexibility index (Phi) is 4.47. The number of β-lactam (4-membered cyclic amide) rings is 1. The number of rotatable bonds is 5. The fourth-order valence-corrected chi connectivity index (χ4v) is 4.67. The molecule has 2 aliphatic heterocycles. The van der Waals surface area contributed by atoms with Crippen molar-refractivity contribution in [3.63, 3.8) is 0 Å². The lowest BCUT2D eigenvalue weighted by Crippen LogP contribution is -2.61. The number of aliphatic hydroxyl groups is 1. The van der Waals surface area contributed by atoms with E-state index in [2.05, 4.69) is 10.1 Å². The Morgan fingerprint density at radius 3 is 2.64 bits per heavy atom. The second kappa shape index (κ2) is 6.71. The van der Waals surface area contributed by atoms with Crippen LogP contribution < -0.4 is 0 Å². The molecule has 1 aromatic carbocycles. The highest BCUT2D eigenvalue weighted by atomic mass is 32.2. The van der Waals surface area contributed by atoms with Gasteiger partial charge in [0.25, 0.3) is 0 Å². The highest BCUT2D eigenvalue weighted by Crippen LogP contribution is 2.48. The predicted octanol–water partition coefficient (Wildman–Crippen LogP) is 1.62. The standard InChI is InChI=1S/C18H17FN4O4S/c1-8(24)13-11-7-12(14(17(26)27)23(11)16(13)25)28-18-20-15(21-22(18)2)9-3-5-10(19)6-4-9/h3-6,8,11,13,24H,7H2,1-2H3,(H,26,27)/t8-,11-,13-/m1/s1. The second-order valence-electron chi connectivity index (χ2n) is 6.77. The van der Waals surface area contributed by atoms with Crippen molar-refractivity contribution in [3.05, 3.63) is 40.7 Å². The van der Waals surface area contributed by atoms with E-state index in [1.165, 1.54) is 28.6 Å². The van der Waals surface area contributed by atoms with Gasteiger partial charge in [-0.1, -0.05) is 11.8 Å². The number of carboxylic acid groups (broad SMARTS) is 1. The number of aryl methyl sites for hydroxylation is 1. The van der Waals surface area contributed by atoms with E-state index < -0.39 is 18.0 Å². The number of aliphatic hydroxyl groups excluding tert-OH is 1. The molecule has 1 aromatic heterocycles. The summed E-state index contributed by atoms with van der Waals surface area (Å²) < 4.78 is 14.6. The van der Waals surface area contributed by atoms with Crippen LogP contribution in [0.1, 0.15) is 13.3 Å². The number of carbonyl (C=O) groups is 2. The number of fused-ring (bicyclic) bond motifs is 1. The van der Waals surface area contributed by atoms with Crippen LogP contribution >= 0.6 is 11.8 Å². The van der Waals surface area contributed by atoms with Crippen molar-refractivity contribution in [1.82, 2.24) is 19.7 Å². The summed E-state index contributed by atoms with van der Waals surface area (Å²) >= 11 is 1.13. The highest BCUT2D eigenvalue weighted by molar-refractivity contribution is 8.03. The molecule has 0 saturated carbocycles. The first-order valence-corrected chi connectivity index (χ1v) is 9.42. The minimum absolute atomic E-state index is 0.0665. The predicted molar refractivity (Wildman–Crippen MR) is 97.3 cm³/mol. The zero-order valence-corrected chi connectivity index (χ0v) is 15.9. The van der Waals surface area contributed by atoms with Gasteiger partial charge in [-0.3, -0.25) is 4.79 Å². The molecule has 1 amide bonds. The number of halogens is 1. The van der Waals surface area contributed by atoms with E-state index in [0.717, 1.165) is 11.8 Å². The van der Waals surface area contributed by atoms with Crippen LogP contribution in [-0.4, -0.2) is 53.9 Å². The Morgan fingerprint density at radius 2 is 2.04 bits per heavy atom. The van der Waals surface area contributed by atoms with Crippen LogP contribution in [-0.2, 0) is 16.6 Å². The molecule has 10 heteroatoms. The maximum Gasteiger partial charge on any atom is 0.353 e. The summed E-state index contributed by atoms with van der Waals surface area (Å²) in [5, 5.41) is 24.2. The lowest BCUT2D eigenvalue weighted by atomic mass is 9.83. The minimum atomic E-state index is -1.19. The zero-order valence-electron chi connectivity index (χ0n) is 15.0. The number of carboxylic acids is 1. The average molecular weight is 404 g/mol. The SMILES string of the molecule is C[C@@H](O)[C@H]1C(=O)N2C(C(=O)O)=C(Sc3nc(-c4ccc(F)cc4)nn3C)C[C@H]12. The summed E-state index contributed by atoms with van der Waals surface area (Å²) in [4.78, 5) is 30.2. The van der Waals surface area contributed by atoms with Crippen molar-refractivity contribution < 1.29 is 24.2 Å². The van der Waals surface area contributed by atoms with E-state index in [-0.39, 0.29) is 23.5 Å². The van der Waals surface area contributed by atoms with Gasteiger partial charge in [0.15, 0.2) is 11.0 Å². The van der Waals surface area contributed by atoms with Crippen molar-refractivity contribution in [3.8, 4) is 11.4 Å². The molecule has 0 bridgehead atoms. The molecule has 8 nitrogen and oxygen atoms in total. The third kappa shape index (κ3) is 2.89. The van der Waals surface area contributed by atoms with E-state index in [1.807, 2.05) is 0 Å². The number of aliphatic carboxylic acids is 1. The number of carbonyl (C=O) groups excluding carboxylic acids is 1. The number of nitrogens with zero attached hydrogens (tertiary/aromatic N) is 4. The van der Waals surface area contributed by atoms with Crippen LogP contribution in [0.4, 0.5) is 4.39 Å². The van der Waals surface area contributed by atoms with Gasteiger partial charge in [0, 0.05) is 23.9 Å². The number of aromatic nitrogens is 3. The molecule has 0 aliphatic carbocycles. The fourth-order valence-electron chi connectivity index (χ4n) is 3.61. The number of hydrogen-bond donors (Lipinski definition) is 2. The van der Waals surface area contributed by atoms with Gasteiger partial charge < -0.3 is 15.1 Å². The quantitative estimate of drug-likeness (QED) is 0.729. The summed E-state index contributed by atoms with van der Waals surface area (Å²) in [5.74, 6) is -2.14. The van der Waals surface area contributed by atoms with Crippen LogP contribution in [0, 0.1) is 11.7 Å². The molecule has 2 aromatic rings. The van der Waals surface area contributed by atoms with Crippen LogP contribution in [0.25, 0.3) is 11.4 Å². The molecule has 28 heavy (non-hydrogen) atoms. The van der Waals surface area contributed by atoms with Gasteiger partial charge in [0.05, 0.1) is 18.1 Å². The van der Waals surface area contributed by atoms with Gasteiger partial charge in [0.1, 0.15) is 11.5 Å². The van der Waals surface area contributed by atoms with E-state index in [1.54, 1.807) is 19.2 Å². The van der Waals surface area contributed by atoms with Crippen LogP contribution in [0.5, 0.6) is 0 Å². The summed E-state index contributed by atoms with van der Waals surface area (Å²) in [6.07, 6.45) is -0.500. The monoisotopic (exact) mass is 404 g/mol. The van der Waals surface area contributed by atoms with Crippen LogP contribution in [0.3, 0.4) is 0 Å². The molecular formula is C18H17FN4O4S. The highest BCUT2D eigenvalue weighted by Gasteiger charge is 2.56. The molecule has 1 fully saturated rings. The number of hydrogen-bond acceptors (Lipinski definition) is 6. The van der Waals surface area contributed by atoms with Crippen LogP contribution in [0.2, 0.25) is 0 Å². The first kappa shape index (κ1) is 18.6. The Morgan fingerprint density at radius 1 is 1.36 bits per heavy atom. The summed E-state index contributed by atoms with van der Waals surface area (Å²) in [5.41, 5.74) is 0.569. The molecule has 0 unspecified atom stereocenters. The Labute approximate surface area is 163 Å². The van der Waals surface area contributed by atoms with Gasteiger partial charge in [-0.2, -0.15) is 5.10 Å². The largest absolute Gasteiger partial charge is 0.477 e. The molecule has 0 spiro atoms. The smallest absolute Gasteiger partial charge is 0.353 e. The first-order chi connectivity index (χ1) is 13.3. The Hall–Kier alpha value is -2.72. The molecule has 4 rings (SSSR count). The molecule has 3 atom stereocenters. The molecule has 3 heterocycles. The molecular weight excluding hydrogens is 387 g/mol. The average Bonchev–Trinajstić information content (AvgIpc) is 3.14. The lowest BCUT2D eigenvalue weighted by molar-refractivity contribution is -0.161. The van der Waals surface area contributed by atoms with E-state index >= 15 is 0 Å². The summed E-state index contributed by atoms with van der Waals surface area (Å²) in [6.45, 7) is 1.53. The molecule has 2 N–H and O–H groups in total. The molecule has 2 aliphatic rings. The third-order valence-electron chi connectivity index (χ3n) is 4.93. The van der Waals surface area contributed by atoms with Crippen molar-refractivity contribution in [2.24, 2.45) is 13.0 Å². The summed E-state index contributed by atoms with van der Waals surface area (Å²) in [7, 11) is 1.68. The number of benzene rings is 1. The Balaban J connectivity index is 1.63.